The lowest BCUT2D eigenvalue weighted by molar-refractivity contribution is -0.132. The molecule has 0 unspecified atom stereocenters. The molecule has 3 aliphatic rings. The standard InChI is InChI=1S/C18H33N3OS/c22-18(16-19-8-3-1-2-4-9-19)21-11-5-10-20(12-13-21)17-6-14-23-15-7-17/h17H,1-16H2. The lowest BCUT2D eigenvalue weighted by Gasteiger charge is -2.33. The molecule has 4 nitrogen and oxygen atoms in total. The van der Waals surface area contributed by atoms with Gasteiger partial charge in [-0.15, -0.1) is 0 Å². The Morgan fingerprint density at radius 2 is 1.57 bits per heavy atom. The third kappa shape index (κ3) is 5.36. The van der Waals surface area contributed by atoms with Gasteiger partial charge in [0.2, 0.25) is 5.91 Å². The SMILES string of the molecule is O=C(CN1CCCCCC1)N1CCCN(C2CCSCC2)CC1. The van der Waals surface area contributed by atoms with Crippen molar-refractivity contribution in [2.45, 2.75) is 51.0 Å². The van der Waals surface area contributed by atoms with Crippen LogP contribution < -0.4 is 0 Å². The molecule has 23 heavy (non-hydrogen) atoms. The predicted octanol–water partition coefficient (Wildman–Crippen LogP) is 2.29. The van der Waals surface area contributed by atoms with Crippen LogP contribution in [0.25, 0.3) is 0 Å². The van der Waals surface area contributed by atoms with Crippen LogP contribution in [0, 0.1) is 0 Å². The maximum absolute atomic E-state index is 12.7. The second-order valence-corrected chi connectivity index (χ2v) is 8.53. The van der Waals surface area contributed by atoms with Crippen LogP contribution in [0.4, 0.5) is 0 Å². The molecule has 0 aromatic heterocycles. The lowest BCUT2D eigenvalue weighted by Crippen LogP contribution is -2.44. The first kappa shape index (κ1) is 17.6. The normalized spacial score (nSPS) is 26.7. The summed E-state index contributed by atoms with van der Waals surface area (Å²) in [5.41, 5.74) is 0. The van der Waals surface area contributed by atoms with Gasteiger partial charge in [0.1, 0.15) is 0 Å². The summed E-state index contributed by atoms with van der Waals surface area (Å²) in [5.74, 6) is 3.00. The first-order valence-electron chi connectivity index (χ1n) is 9.65. The zero-order valence-corrected chi connectivity index (χ0v) is 15.4. The summed E-state index contributed by atoms with van der Waals surface area (Å²) >= 11 is 2.10. The zero-order chi connectivity index (χ0) is 15.9. The van der Waals surface area contributed by atoms with Crippen molar-refractivity contribution in [1.29, 1.82) is 0 Å². The third-order valence-corrected chi connectivity index (χ3v) is 6.70. The number of hydrogen-bond acceptors (Lipinski definition) is 4. The van der Waals surface area contributed by atoms with Gasteiger partial charge in [-0.2, -0.15) is 11.8 Å². The molecule has 0 N–H and O–H groups in total. The van der Waals surface area contributed by atoms with Crippen molar-refractivity contribution in [3.8, 4) is 0 Å². The quantitative estimate of drug-likeness (QED) is 0.788. The van der Waals surface area contributed by atoms with Crippen LogP contribution in [-0.4, -0.2) is 84.0 Å². The number of rotatable bonds is 3. The molecular weight excluding hydrogens is 306 g/mol. The molecule has 0 saturated carbocycles. The summed E-state index contributed by atoms with van der Waals surface area (Å²) in [4.78, 5) is 19.9. The highest BCUT2D eigenvalue weighted by atomic mass is 32.2. The summed E-state index contributed by atoms with van der Waals surface area (Å²) in [6.45, 7) is 7.06. The molecule has 3 aliphatic heterocycles. The first-order valence-corrected chi connectivity index (χ1v) is 10.8. The number of thioether (sulfide) groups is 1. The minimum absolute atomic E-state index is 0.368. The van der Waals surface area contributed by atoms with Crippen LogP contribution >= 0.6 is 11.8 Å². The topological polar surface area (TPSA) is 26.8 Å². The summed E-state index contributed by atoms with van der Waals surface area (Å²) < 4.78 is 0. The third-order valence-electron chi connectivity index (χ3n) is 5.65. The van der Waals surface area contributed by atoms with Gasteiger partial charge in [-0.05, 0) is 56.7 Å². The molecule has 0 radical (unpaired) electrons. The number of carbonyl (C=O) groups is 1. The van der Waals surface area contributed by atoms with Gasteiger partial charge < -0.3 is 4.90 Å². The van der Waals surface area contributed by atoms with Crippen molar-refractivity contribution >= 4 is 17.7 Å². The number of carbonyl (C=O) groups excluding carboxylic acids is 1. The number of likely N-dealkylation sites (tertiary alicyclic amines) is 1. The molecule has 0 spiro atoms. The second kappa shape index (κ2) is 9.28. The Morgan fingerprint density at radius 1 is 0.826 bits per heavy atom. The highest BCUT2D eigenvalue weighted by Gasteiger charge is 2.26. The predicted molar refractivity (Wildman–Crippen MR) is 98.0 cm³/mol. The van der Waals surface area contributed by atoms with E-state index in [2.05, 4.69) is 26.5 Å². The average Bonchev–Trinajstić information content (AvgIpc) is 2.98. The van der Waals surface area contributed by atoms with Crippen molar-refractivity contribution in [1.82, 2.24) is 14.7 Å². The molecule has 0 aromatic rings. The van der Waals surface area contributed by atoms with Crippen molar-refractivity contribution in [3.63, 3.8) is 0 Å². The Morgan fingerprint density at radius 3 is 2.30 bits per heavy atom. The van der Waals surface area contributed by atoms with E-state index in [4.69, 9.17) is 0 Å². The smallest absolute Gasteiger partial charge is 0.236 e. The lowest BCUT2D eigenvalue weighted by atomic mass is 10.1. The van der Waals surface area contributed by atoms with E-state index in [1.54, 1.807) is 0 Å². The Hall–Kier alpha value is -0.260. The molecule has 3 rings (SSSR count). The van der Waals surface area contributed by atoms with Crippen molar-refractivity contribution in [2.75, 3.05) is 57.3 Å². The highest BCUT2D eigenvalue weighted by Crippen LogP contribution is 2.22. The highest BCUT2D eigenvalue weighted by molar-refractivity contribution is 7.99. The molecule has 3 saturated heterocycles. The molecule has 0 aromatic carbocycles. The largest absolute Gasteiger partial charge is 0.340 e. The van der Waals surface area contributed by atoms with Gasteiger partial charge in [0.25, 0.3) is 0 Å². The van der Waals surface area contributed by atoms with Gasteiger partial charge in [0.05, 0.1) is 6.54 Å². The van der Waals surface area contributed by atoms with E-state index in [-0.39, 0.29) is 0 Å². The molecule has 132 valence electrons. The van der Waals surface area contributed by atoms with Crippen LogP contribution in [0.2, 0.25) is 0 Å². The van der Waals surface area contributed by atoms with E-state index >= 15 is 0 Å². The van der Waals surface area contributed by atoms with Crippen LogP contribution in [0.3, 0.4) is 0 Å². The minimum atomic E-state index is 0.368. The Balaban J connectivity index is 1.45. The Bertz CT molecular complexity index is 365. The fourth-order valence-corrected chi connectivity index (χ4v) is 5.27. The Kier molecular flexibility index (Phi) is 7.09. The molecule has 3 heterocycles. The molecule has 0 bridgehead atoms. The zero-order valence-electron chi connectivity index (χ0n) is 14.5. The monoisotopic (exact) mass is 339 g/mol. The number of hydrogen-bond donors (Lipinski definition) is 0. The Labute approximate surface area is 145 Å². The maximum atomic E-state index is 12.7. The fourth-order valence-electron chi connectivity index (χ4n) is 4.19. The van der Waals surface area contributed by atoms with Crippen LogP contribution in [0.1, 0.15) is 44.9 Å². The summed E-state index contributed by atoms with van der Waals surface area (Å²) in [7, 11) is 0. The van der Waals surface area contributed by atoms with E-state index < -0.39 is 0 Å². The molecular formula is C18H33N3OS. The van der Waals surface area contributed by atoms with Crippen molar-refractivity contribution < 1.29 is 4.79 Å². The van der Waals surface area contributed by atoms with E-state index in [0.717, 1.165) is 45.2 Å². The van der Waals surface area contributed by atoms with Crippen LogP contribution in [0.15, 0.2) is 0 Å². The second-order valence-electron chi connectivity index (χ2n) is 7.30. The maximum Gasteiger partial charge on any atom is 0.236 e. The van der Waals surface area contributed by atoms with Gasteiger partial charge in [0, 0.05) is 32.2 Å². The van der Waals surface area contributed by atoms with Crippen LogP contribution in [-0.2, 0) is 4.79 Å². The van der Waals surface area contributed by atoms with E-state index in [1.165, 1.54) is 56.6 Å². The molecule has 0 aliphatic carbocycles. The van der Waals surface area contributed by atoms with Gasteiger partial charge in [-0.3, -0.25) is 14.6 Å². The van der Waals surface area contributed by atoms with Gasteiger partial charge in [0.15, 0.2) is 0 Å². The summed E-state index contributed by atoms with van der Waals surface area (Å²) in [6.07, 6.45) is 9.03. The molecule has 3 fully saturated rings. The molecule has 1 amide bonds. The van der Waals surface area contributed by atoms with Crippen molar-refractivity contribution in [2.24, 2.45) is 0 Å². The minimum Gasteiger partial charge on any atom is -0.340 e. The van der Waals surface area contributed by atoms with Gasteiger partial charge in [-0.1, -0.05) is 12.8 Å². The fraction of sp³-hybridized carbons (Fsp3) is 0.944. The van der Waals surface area contributed by atoms with E-state index in [1.807, 2.05) is 0 Å². The number of amides is 1. The van der Waals surface area contributed by atoms with Crippen molar-refractivity contribution in [3.05, 3.63) is 0 Å². The average molecular weight is 340 g/mol. The first-order chi connectivity index (χ1) is 11.3. The summed E-state index contributed by atoms with van der Waals surface area (Å²) in [6, 6.07) is 0.775. The van der Waals surface area contributed by atoms with Gasteiger partial charge >= 0.3 is 0 Å². The summed E-state index contributed by atoms with van der Waals surface area (Å²) in [5, 5.41) is 0. The molecule has 5 heteroatoms. The van der Waals surface area contributed by atoms with Gasteiger partial charge in [-0.25, -0.2) is 0 Å². The van der Waals surface area contributed by atoms with Crippen LogP contribution in [0.5, 0.6) is 0 Å². The molecule has 0 atom stereocenters. The van der Waals surface area contributed by atoms with E-state index in [9.17, 15) is 4.79 Å². The van der Waals surface area contributed by atoms with E-state index in [0.29, 0.717) is 12.5 Å². The number of nitrogens with zero attached hydrogens (tertiary/aromatic N) is 3.